The van der Waals surface area contributed by atoms with E-state index < -0.39 is 24.3 Å². The summed E-state index contributed by atoms with van der Waals surface area (Å²) in [7, 11) is 0. The summed E-state index contributed by atoms with van der Waals surface area (Å²) in [5, 5.41) is 23.3. The van der Waals surface area contributed by atoms with Crippen molar-refractivity contribution in [1.82, 2.24) is 30.2 Å². The third-order valence-corrected chi connectivity index (χ3v) is 6.73. The van der Waals surface area contributed by atoms with E-state index in [-0.39, 0.29) is 24.6 Å². The van der Waals surface area contributed by atoms with E-state index in [4.69, 9.17) is 5.73 Å². The van der Waals surface area contributed by atoms with Crippen LogP contribution in [-0.2, 0) is 11.3 Å². The molecule has 2 aromatic heterocycles. The molecule has 5 heterocycles. The minimum atomic E-state index is -1.15. The molecule has 192 valence electrons. The Labute approximate surface area is 215 Å². The molecular weight excluding hydrogens is 493 g/mol. The van der Waals surface area contributed by atoms with Crippen LogP contribution in [0.1, 0.15) is 16.9 Å². The highest BCUT2D eigenvalue weighted by Gasteiger charge is 2.38. The molecule has 0 spiro atoms. The Kier molecular flexibility index (Phi) is 5.99. The third-order valence-electron chi connectivity index (χ3n) is 6.73. The van der Waals surface area contributed by atoms with Crippen molar-refractivity contribution in [3.8, 4) is 11.1 Å². The molecule has 1 saturated heterocycles. The highest BCUT2D eigenvalue weighted by molar-refractivity contribution is 6.06. The number of benzene rings is 1. The van der Waals surface area contributed by atoms with Crippen LogP contribution in [0.4, 0.5) is 4.39 Å². The van der Waals surface area contributed by atoms with Gasteiger partial charge in [0.15, 0.2) is 17.7 Å². The number of amidine groups is 1. The summed E-state index contributed by atoms with van der Waals surface area (Å²) in [6, 6.07) is 6.69. The summed E-state index contributed by atoms with van der Waals surface area (Å²) >= 11 is 0. The molecule has 2 amide bonds. The van der Waals surface area contributed by atoms with E-state index in [0.29, 0.717) is 35.4 Å². The average Bonchev–Trinajstić information content (AvgIpc) is 3.65. The van der Waals surface area contributed by atoms with Gasteiger partial charge in [0.05, 0.1) is 42.3 Å². The number of amides is 2. The Morgan fingerprint density at radius 3 is 2.87 bits per heavy atom. The molecule has 0 saturated carbocycles. The lowest BCUT2D eigenvalue weighted by Crippen LogP contribution is -2.48. The van der Waals surface area contributed by atoms with Crippen LogP contribution in [0.2, 0.25) is 0 Å². The fourth-order valence-electron chi connectivity index (χ4n) is 4.90. The van der Waals surface area contributed by atoms with Gasteiger partial charge in [-0.1, -0.05) is 6.07 Å². The van der Waals surface area contributed by atoms with Gasteiger partial charge in [0.25, 0.3) is 5.91 Å². The Hall–Kier alpha value is -4.72. The summed E-state index contributed by atoms with van der Waals surface area (Å²) in [5.41, 5.74) is 8.71. The Balaban J connectivity index is 1.20. The quantitative estimate of drug-likeness (QED) is 0.480. The van der Waals surface area contributed by atoms with Crippen LogP contribution >= 0.6 is 0 Å². The second-order valence-electron chi connectivity index (χ2n) is 9.07. The van der Waals surface area contributed by atoms with Crippen molar-refractivity contribution >= 4 is 34.9 Å². The molecule has 3 N–H and O–H groups in total. The zero-order valence-electron chi connectivity index (χ0n) is 20.0. The predicted octanol–water partition coefficient (Wildman–Crippen LogP) is 1.24. The molecule has 0 bridgehead atoms. The van der Waals surface area contributed by atoms with Crippen molar-refractivity contribution in [3.05, 3.63) is 54.1 Å². The van der Waals surface area contributed by atoms with Crippen LogP contribution in [-0.4, -0.2) is 80.3 Å². The summed E-state index contributed by atoms with van der Waals surface area (Å²) < 4.78 is 16.1. The number of alkyl halides is 1. The molecule has 3 aliphatic heterocycles. The van der Waals surface area contributed by atoms with Gasteiger partial charge in [-0.15, -0.1) is 5.11 Å². The number of nitrogens with zero attached hydrogens (tertiary/aromatic N) is 9. The van der Waals surface area contributed by atoms with Crippen molar-refractivity contribution in [2.75, 3.05) is 13.1 Å². The molecule has 1 aromatic carbocycles. The predicted molar refractivity (Wildman–Crippen MR) is 135 cm³/mol. The van der Waals surface area contributed by atoms with E-state index in [1.165, 1.54) is 12.5 Å². The number of rotatable bonds is 7. The van der Waals surface area contributed by atoms with Crippen LogP contribution in [0.15, 0.2) is 68.6 Å². The van der Waals surface area contributed by atoms with Crippen molar-refractivity contribution in [2.45, 2.75) is 31.3 Å². The molecule has 13 nitrogen and oxygen atoms in total. The molecule has 0 radical (unpaired) electrons. The van der Waals surface area contributed by atoms with Crippen LogP contribution in [0.25, 0.3) is 22.0 Å². The van der Waals surface area contributed by atoms with E-state index >= 15 is 0 Å². The molecule has 6 rings (SSSR count). The lowest BCUT2D eigenvalue weighted by atomic mass is 10.0. The standard InChI is InChI=1S/C24H22FN11O2/c25-15-8-19(24(38)32-22-17-10-31-33-23(17)28-12-27-22)35(11-15)5-6-36-18-2-1-13(14-3-4-29-30-9-14)7-16(18)20(34-36)21(26)37/h1-4,7,9-10,12,15,19,22H,5-6,8,11H2,(H2,26,37)(H,32,38). The number of nitrogens with one attached hydrogen (secondary N) is 1. The number of likely N-dealkylation sites (tertiary alicyclic amines) is 1. The van der Waals surface area contributed by atoms with Crippen molar-refractivity contribution in [3.63, 3.8) is 0 Å². The van der Waals surface area contributed by atoms with Crippen LogP contribution in [0.5, 0.6) is 0 Å². The molecule has 0 aliphatic carbocycles. The first kappa shape index (κ1) is 23.7. The summed E-state index contributed by atoms with van der Waals surface area (Å²) in [5.74, 6) is -0.604. The minimum Gasteiger partial charge on any atom is -0.364 e. The fraction of sp³-hybridized carbons (Fsp3) is 0.292. The number of fused-ring (bicyclic) bond motifs is 2. The van der Waals surface area contributed by atoms with Gasteiger partial charge in [-0.05, 0) is 23.8 Å². The lowest BCUT2D eigenvalue weighted by molar-refractivity contribution is -0.126. The molecule has 3 aliphatic rings. The van der Waals surface area contributed by atoms with Crippen molar-refractivity contribution in [2.24, 2.45) is 25.9 Å². The number of carbonyl (C=O) groups excluding carboxylic acids is 2. The highest BCUT2D eigenvalue weighted by atomic mass is 19.1. The van der Waals surface area contributed by atoms with E-state index in [0.717, 1.165) is 11.1 Å². The first-order chi connectivity index (χ1) is 18.5. The van der Waals surface area contributed by atoms with Crippen LogP contribution in [0, 0.1) is 0 Å². The molecule has 3 unspecified atom stereocenters. The molecule has 14 heteroatoms. The van der Waals surface area contributed by atoms with Crippen LogP contribution < -0.4 is 11.1 Å². The maximum atomic E-state index is 14.5. The topological polar surface area (TPSA) is 168 Å². The number of carbonyl (C=O) groups is 2. The maximum Gasteiger partial charge on any atom is 0.269 e. The van der Waals surface area contributed by atoms with E-state index in [1.54, 1.807) is 22.0 Å². The number of aliphatic imine (C=N–C) groups is 2. The SMILES string of the molecule is NC(=O)c1nn(CCN2CC(F)CC2C(=O)NC2N=CN=C3N=NC=C32)c2ccc(-c3ccnnc3)cc12. The number of nitrogens with two attached hydrogens (primary N) is 1. The third kappa shape index (κ3) is 4.34. The number of primary amides is 1. The van der Waals surface area contributed by atoms with Crippen LogP contribution in [0.3, 0.4) is 0 Å². The number of aromatic nitrogens is 4. The smallest absolute Gasteiger partial charge is 0.269 e. The monoisotopic (exact) mass is 515 g/mol. The molecule has 3 aromatic rings. The maximum absolute atomic E-state index is 14.5. The number of hydrogen-bond acceptors (Lipinski definition) is 10. The van der Waals surface area contributed by atoms with Gasteiger partial charge in [-0.2, -0.15) is 20.4 Å². The number of halogens is 1. The van der Waals surface area contributed by atoms with Gasteiger partial charge in [0.2, 0.25) is 5.91 Å². The van der Waals surface area contributed by atoms with E-state index in [2.05, 4.69) is 40.8 Å². The highest BCUT2D eigenvalue weighted by Crippen LogP contribution is 2.27. The minimum absolute atomic E-state index is 0.0622. The zero-order chi connectivity index (χ0) is 26.2. The largest absolute Gasteiger partial charge is 0.364 e. The second kappa shape index (κ2) is 9.63. The first-order valence-electron chi connectivity index (χ1n) is 11.9. The summed E-state index contributed by atoms with van der Waals surface area (Å²) in [6.45, 7) is 0.752. The van der Waals surface area contributed by atoms with E-state index in [1.807, 2.05) is 24.3 Å². The van der Waals surface area contributed by atoms with Gasteiger partial charge >= 0.3 is 0 Å². The zero-order valence-corrected chi connectivity index (χ0v) is 20.0. The molecular formula is C24H22FN11O2. The fourth-order valence-corrected chi connectivity index (χ4v) is 4.90. The van der Waals surface area contributed by atoms with Crippen molar-refractivity contribution < 1.29 is 14.0 Å². The van der Waals surface area contributed by atoms with Gasteiger partial charge in [-0.25, -0.2) is 14.4 Å². The van der Waals surface area contributed by atoms with E-state index in [9.17, 15) is 14.0 Å². The summed E-state index contributed by atoms with van der Waals surface area (Å²) in [6.07, 6.45) is 4.26. The lowest BCUT2D eigenvalue weighted by Gasteiger charge is -2.25. The van der Waals surface area contributed by atoms with Crippen molar-refractivity contribution in [1.29, 1.82) is 0 Å². The molecule has 3 atom stereocenters. The van der Waals surface area contributed by atoms with Gasteiger partial charge in [0, 0.05) is 30.5 Å². The van der Waals surface area contributed by atoms with Gasteiger partial charge in [0.1, 0.15) is 12.5 Å². The Morgan fingerprint density at radius 1 is 1.16 bits per heavy atom. The number of hydrogen-bond donors (Lipinski definition) is 2. The normalized spacial score (nSPS) is 22.4. The van der Waals surface area contributed by atoms with Gasteiger partial charge < -0.3 is 11.1 Å². The first-order valence-corrected chi connectivity index (χ1v) is 11.9. The number of azo groups is 1. The summed E-state index contributed by atoms with van der Waals surface area (Å²) in [4.78, 5) is 35.3. The second-order valence-corrected chi connectivity index (χ2v) is 9.07. The molecule has 1 fully saturated rings. The molecule has 38 heavy (non-hydrogen) atoms. The Morgan fingerprint density at radius 2 is 2.05 bits per heavy atom. The van der Waals surface area contributed by atoms with Gasteiger partial charge in [-0.3, -0.25) is 19.2 Å². The average molecular weight is 516 g/mol. The Bertz CT molecular complexity index is 1550.